The summed E-state index contributed by atoms with van der Waals surface area (Å²) >= 11 is 0. The molecule has 92 valence electrons. The molecule has 5 heteroatoms. The molecule has 0 saturated heterocycles. The lowest BCUT2D eigenvalue weighted by atomic mass is 10.0. The zero-order chi connectivity index (χ0) is 12.3. The monoisotopic (exact) mass is 233 g/mol. The largest absolute Gasteiger partial charge is 0.342 e. The summed E-state index contributed by atoms with van der Waals surface area (Å²) in [5.41, 5.74) is 7.82. The highest BCUT2D eigenvalue weighted by molar-refractivity contribution is 5.56. The molecule has 3 N–H and O–H groups in total. The molecule has 2 aromatic heterocycles. The number of nitrogens with one attached hydrogen (secondary N) is 1. The van der Waals surface area contributed by atoms with Crippen molar-refractivity contribution in [2.75, 3.05) is 6.54 Å². The molecule has 1 atom stereocenters. The van der Waals surface area contributed by atoms with Gasteiger partial charge in [-0.3, -0.25) is 4.68 Å². The predicted octanol–water partition coefficient (Wildman–Crippen LogP) is 1.65. The summed E-state index contributed by atoms with van der Waals surface area (Å²) in [6.45, 7) is 2.79. The molecule has 0 amide bonds. The van der Waals surface area contributed by atoms with E-state index in [-0.39, 0.29) is 0 Å². The summed E-state index contributed by atoms with van der Waals surface area (Å²) in [6, 6.07) is 0. The van der Waals surface area contributed by atoms with Gasteiger partial charge in [0.1, 0.15) is 5.82 Å². The first-order chi connectivity index (χ1) is 8.24. The van der Waals surface area contributed by atoms with Crippen LogP contribution in [-0.4, -0.2) is 26.3 Å². The van der Waals surface area contributed by atoms with Crippen molar-refractivity contribution in [2.24, 2.45) is 12.8 Å². The topological polar surface area (TPSA) is 72.5 Å². The van der Waals surface area contributed by atoms with Gasteiger partial charge in [-0.1, -0.05) is 13.3 Å². The maximum Gasteiger partial charge on any atom is 0.110 e. The van der Waals surface area contributed by atoms with Crippen LogP contribution in [0.5, 0.6) is 0 Å². The minimum absolute atomic E-state index is 0.324. The Morgan fingerprint density at radius 2 is 2.29 bits per heavy atom. The summed E-state index contributed by atoms with van der Waals surface area (Å²) < 4.78 is 1.78. The van der Waals surface area contributed by atoms with E-state index in [4.69, 9.17) is 5.73 Å². The predicted molar refractivity (Wildman–Crippen MR) is 67.5 cm³/mol. The van der Waals surface area contributed by atoms with E-state index in [2.05, 4.69) is 22.0 Å². The fourth-order valence-corrected chi connectivity index (χ4v) is 1.97. The maximum atomic E-state index is 5.77. The molecule has 5 nitrogen and oxygen atoms in total. The average Bonchev–Trinajstić information content (AvgIpc) is 2.94. The molecule has 0 aliphatic carbocycles. The van der Waals surface area contributed by atoms with Crippen molar-refractivity contribution in [2.45, 2.75) is 25.7 Å². The molecule has 0 radical (unpaired) electrons. The Hall–Kier alpha value is -1.62. The highest BCUT2D eigenvalue weighted by Crippen LogP contribution is 2.21. The molecule has 0 aliphatic heterocycles. The van der Waals surface area contributed by atoms with E-state index in [1.54, 1.807) is 4.68 Å². The van der Waals surface area contributed by atoms with E-state index in [9.17, 15) is 0 Å². The number of nitrogens with zero attached hydrogens (tertiary/aromatic N) is 3. The zero-order valence-corrected chi connectivity index (χ0v) is 10.3. The molecular weight excluding hydrogens is 214 g/mol. The van der Waals surface area contributed by atoms with Crippen molar-refractivity contribution in [3.05, 3.63) is 24.4 Å². The molecule has 0 fully saturated rings. The number of aromatic amines is 1. The highest BCUT2D eigenvalue weighted by atomic mass is 15.2. The van der Waals surface area contributed by atoms with Crippen LogP contribution >= 0.6 is 0 Å². The van der Waals surface area contributed by atoms with Crippen LogP contribution in [0.3, 0.4) is 0 Å². The summed E-state index contributed by atoms with van der Waals surface area (Å²) in [4.78, 5) is 7.75. The zero-order valence-electron chi connectivity index (χ0n) is 10.3. The number of aromatic nitrogens is 4. The smallest absolute Gasteiger partial charge is 0.110 e. The highest BCUT2D eigenvalue weighted by Gasteiger charge is 2.13. The third kappa shape index (κ3) is 2.55. The molecule has 2 aromatic rings. The molecule has 17 heavy (non-hydrogen) atoms. The standard InChI is InChI=1S/C12H19N5/c1-3-4-9(5-13)12-14-7-11(16-12)10-6-15-17(2)8-10/h6-9H,3-5,13H2,1-2H3,(H,14,16). The van der Waals surface area contributed by atoms with Crippen LogP contribution in [0, 0.1) is 0 Å². The number of hydrogen-bond donors (Lipinski definition) is 2. The molecule has 0 saturated carbocycles. The van der Waals surface area contributed by atoms with E-state index < -0.39 is 0 Å². The van der Waals surface area contributed by atoms with Crippen molar-refractivity contribution in [3.63, 3.8) is 0 Å². The van der Waals surface area contributed by atoms with Gasteiger partial charge >= 0.3 is 0 Å². The lowest BCUT2D eigenvalue weighted by Gasteiger charge is -2.09. The lowest BCUT2D eigenvalue weighted by Crippen LogP contribution is -2.13. The van der Waals surface area contributed by atoms with E-state index >= 15 is 0 Å². The van der Waals surface area contributed by atoms with Crippen molar-refractivity contribution in [1.29, 1.82) is 0 Å². The normalized spacial score (nSPS) is 12.9. The van der Waals surface area contributed by atoms with Crippen LogP contribution in [0.1, 0.15) is 31.5 Å². The minimum Gasteiger partial charge on any atom is -0.342 e. The van der Waals surface area contributed by atoms with Crippen LogP contribution in [0.4, 0.5) is 0 Å². The summed E-state index contributed by atoms with van der Waals surface area (Å²) in [5, 5.41) is 4.15. The number of rotatable bonds is 5. The van der Waals surface area contributed by atoms with Gasteiger partial charge in [-0.15, -0.1) is 0 Å². The van der Waals surface area contributed by atoms with Gasteiger partial charge in [0.25, 0.3) is 0 Å². The van der Waals surface area contributed by atoms with Crippen LogP contribution < -0.4 is 5.73 Å². The van der Waals surface area contributed by atoms with Crippen molar-refractivity contribution in [1.82, 2.24) is 19.7 Å². The fourth-order valence-electron chi connectivity index (χ4n) is 1.97. The van der Waals surface area contributed by atoms with Gasteiger partial charge in [0.2, 0.25) is 0 Å². The third-order valence-electron chi connectivity index (χ3n) is 2.92. The second-order valence-corrected chi connectivity index (χ2v) is 4.31. The molecule has 2 rings (SSSR count). The van der Waals surface area contributed by atoms with Crippen molar-refractivity contribution >= 4 is 0 Å². The average molecular weight is 233 g/mol. The quantitative estimate of drug-likeness (QED) is 0.824. The molecule has 0 bridgehead atoms. The maximum absolute atomic E-state index is 5.77. The summed E-state index contributed by atoms with van der Waals surface area (Å²) in [7, 11) is 1.90. The molecule has 0 aliphatic rings. The van der Waals surface area contributed by atoms with Gasteiger partial charge in [-0.2, -0.15) is 5.10 Å². The summed E-state index contributed by atoms with van der Waals surface area (Å²) in [6.07, 6.45) is 7.83. The molecule has 1 unspecified atom stereocenters. The molecule has 0 aromatic carbocycles. The summed E-state index contributed by atoms with van der Waals surface area (Å²) in [5.74, 6) is 1.30. The SMILES string of the molecule is CCCC(CN)c1ncc(-c2cnn(C)c2)[nH]1. The van der Waals surface area contributed by atoms with Crippen LogP contribution in [0.2, 0.25) is 0 Å². The lowest BCUT2D eigenvalue weighted by molar-refractivity contribution is 0.595. The number of imidazole rings is 1. The van der Waals surface area contributed by atoms with Gasteiger partial charge in [0, 0.05) is 31.3 Å². The Balaban J connectivity index is 2.20. The van der Waals surface area contributed by atoms with Gasteiger partial charge in [0.05, 0.1) is 18.1 Å². The third-order valence-corrected chi connectivity index (χ3v) is 2.92. The first kappa shape index (κ1) is 11.9. The van der Waals surface area contributed by atoms with E-state index in [1.807, 2.05) is 25.6 Å². The van der Waals surface area contributed by atoms with Crippen LogP contribution in [0.25, 0.3) is 11.3 Å². The molecule has 0 spiro atoms. The van der Waals surface area contributed by atoms with Crippen molar-refractivity contribution in [3.8, 4) is 11.3 Å². The molecular formula is C12H19N5. The number of H-pyrrole nitrogens is 1. The Kier molecular flexibility index (Phi) is 3.58. The minimum atomic E-state index is 0.324. The number of aryl methyl sites for hydroxylation is 1. The Bertz CT molecular complexity index is 471. The first-order valence-corrected chi connectivity index (χ1v) is 5.98. The van der Waals surface area contributed by atoms with Gasteiger partial charge in [-0.25, -0.2) is 4.98 Å². The fraction of sp³-hybridized carbons (Fsp3) is 0.500. The van der Waals surface area contributed by atoms with Gasteiger partial charge in [0.15, 0.2) is 0 Å². The number of hydrogen-bond acceptors (Lipinski definition) is 3. The van der Waals surface area contributed by atoms with Gasteiger partial charge in [-0.05, 0) is 6.42 Å². The molecule has 2 heterocycles. The van der Waals surface area contributed by atoms with Crippen LogP contribution in [0.15, 0.2) is 18.6 Å². The van der Waals surface area contributed by atoms with E-state index in [1.165, 1.54) is 0 Å². The second-order valence-electron chi connectivity index (χ2n) is 4.31. The van der Waals surface area contributed by atoms with Crippen LogP contribution in [-0.2, 0) is 7.05 Å². The second kappa shape index (κ2) is 5.14. The van der Waals surface area contributed by atoms with E-state index in [0.29, 0.717) is 12.5 Å². The first-order valence-electron chi connectivity index (χ1n) is 5.98. The Labute approximate surface area is 101 Å². The Morgan fingerprint density at radius 1 is 1.47 bits per heavy atom. The Morgan fingerprint density at radius 3 is 2.88 bits per heavy atom. The van der Waals surface area contributed by atoms with Crippen molar-refractivity contribution < 1.29 is 0 Å². The number of nitrogens with two attached hydrogens (primary N) is 1. The van der Waals surface area contributed by atoms with Gasteiger partial charge < -0.3 is 10.7 Å². The van der Waals surface area contributed by atoms with E-state index in [0.717, 1.165) is 29.9 Å².